The Balaban J connectivity index is 1.79. The molecule has 1 fully saturated rings. The highest BCUT2D eigenvalue weighted by Gasteiger charge is 2.13. The summed E-state index contributed by atoms with van der Waals surface area (Å²) in [6.07, 6.45) is 4.61. The monoisotopic (exact) mass is 247 g/mol. The second-order valence-electron chi connectivity index (χ2n) is 4.61. The molecule has 0 radical (unpaired) electrons. The summed E-state index contributed by atoms with van der Waals surface area (Å²) in [6, 6.07) is 7.07. The van der Waals surface area contributed by atoms with Crippen molar-refractivity contribution in [2.75, 3.05) is 16.8 Å². The second kappa shape index (κ2) is 4.61. The molecule has 0 amide bonds. The van der Waals surface area contributed by atoms with E-state index in [1.54, 1.807) is 0 Å². The Morgan fingerprint density at radius 2 is 2.18 bits per heavy atom. The van der Waals surface area contributed by atoms with E-state index in [4.69, 9.17) is 0 Å². The fraction of sp³-hybridized carbons (Fsp3) is 0.462. The van der Waals surface area contributed by atoms with Gasteiger partial charge in [-0.15, -0.1) is 0 Å². The molecule has 1 aromatic heterocycles. The van der Waals surface area contributed by atoms with Gasteiger partial charge >= 0.3 is 0 Å². The number of nitrogens with one attached hydrogen (secondary N) is 1. The third kappa shape index (κ3) is 2.41. The predicted molar refractivity (Wildman–Crippen MR) is 74.7 cm³/mol. The molecule has 1 aliphatic heterocycles. The van der Waals surface area contributed by atoms with Gasteiger partial charge in [0.25, 0.3) is 0 Å². The lowest BCUT2D eigenvalue weighted by Gasteiger charge is -2.23. The minimum absolute atomic E-state index is 0.644. The average molecular weight is 247 g/mol. The van der Waals surface area contributed by atoms with E-state index in [2.05, 4.69) is 46.6 Å². The highest BCUT2D eigenvalue weighted by atomic mass is 32.2. The number of anilines is 1. The first-order valence-electron chi connectivity index (χ1n) is 6.09. The summed E-state index contributed by atoms with van der Waals surface area (Å²) in [5, 5.41) is 9.23. The van der Waals surface area contributed by atoms with E-state index in [0.29, 0.717) is 6.04 Å². The molecule has 0 saturated carbocycles. The van der Waals surface area contributed by atoms with Gasteiger partial charge in [-0.2, -0.15) is 16.9 Å². The fourth-order valence-electron chi connectivity index (χ4n) is 2.32. The first kappa shape index (κ1) is 11.0. The molecule has 4 heteroatoms. The van der Waals surface area contributed by atoms with E-state index in [1.165, 1.54) is 35.4 Å². The summed E-state index contributed by atoms with van der Waals surface area (Å²) < 4.78 is 1.87. The van der Waals surface area contributed by atoms with E-state index in [1.807, 2.05) is 11.7 Å². The van der Waals surface area contributed by atoms with Gasteiger partial charge in [0.15, 0.2) is 0 Å². The van der Waals surface area contributed by atoms with Gasteiger partial charge in [0.05, 0.1) is 5.52 Å². The van der Waals surface area contributed by atoms with Gasteiger partial charge in [0.1, 0.15) is 0 Å². The molecule has 2 heterocycles. The maximum atomic E-state index is 4.39. The molecular formula is C13H17N3S. The summed E-state index contributed by atoms with van der Waals surface area (Å²) in [6.45, 7) is 0. The van der Waals surface area contributed by atoms with Gasteiger partial charge < -0.3 is 5.32 Å². The quantitative estimate of drug-likeness (QED) is 0.885. The minimum atomic E-state index is 0.644. The van der Waals surface area contributed by atoms with Crippen molar-refractivity contribution in [3.05, 3.63) is 24.4 Å². The first-order valence-corrected chi connectivity index (χ1v) is 7.24. The van der Waals surface area contributed by atoms with Crippen LogP contribution in [0.25, 0.3) is 10.9 Å². The number of aromatic nitrogens is 2. The molecule has 0 unspecified atom stereocenters. The zero-order valence-corrected chi connectivity index (χ0v) is 10.8. The van der Waals surface area contributed by atoms with Crippen molar-refractivity contribution in [1.29, 1.82) is 0 Å². The average Bonchev–Trinajstić information content (AvgIpc) is 2.70. The largest absolute Gasteiger partial charge is 0.382 e. The predicted octanol–water partition coefficient (Wildman–Crippen LogP) is 2.88. The van der Waals surface area contributed by atoms with Crippen molar-refractivity contribution in [2.45, 2.75) is 18.9 Å². The molecule has 0 bridgehead atoms. The SMILES string of the molecule is Cn1cc2cc(NC3CCSCC3)ccc2n1. The molecule has 0 spiro atoms. The van der Waals surface area contributed by atoms with Crippen LogP contribution >= 0.6 is 11.8 Å². The number of rotatable bonds is 2. The molecule has 3 rings (SSSR count). The lowest BCUT2D eigenvalue weighted by atomic mass is 10.1. The van der Waals surface area contributed by atoms with Gasteiger partial charge in [0, 0.05) is 30.4 Å². The highest BCUT2D eigenvalue weighted by Crippen LogP contribution is 2.23. The van der Waals surface area contributed by atoms with E-state index in [9.17, 15) is 0 Å². The van der Waals surface area contributed by atoms with Crippen LogP contribution in [0.2, 0.25) is 0 Å². The van der Waals surface area contributed by atoms with E-state index in [-0.39, 0.29) is 0 Å². The van der Waals surface area contributed by atoms with Gasteiger partial charge in [0.2, 0.25) is 0 Å². The highest BCUT2D eigenvalue weighted by molar-refractivity contribution is 7.99. The number of thioether (sulfide) groups is 1. The molecule has 3 nitrogen and oxygen atoms in total. The van der Waals surface area contributed by atoms with E-state index < -0.39 is 0 Å². The number of aryl methyl sites for hydroxylation is 1. The Morgan fingerprint density at radius 1 is 1.35 bits per heavy atom. The van der Waals surface area contributed by atoms with Crippen LogP contribution in [0.3, 0.4) is 0 Å². The number of nitrogens with zero attached hydrogens (tertiary/aromatic N) is 2. The van der Waals surface area contributed by atoms with Crippen molar-refractivity contribution < 1.29 is 0 Å². The smallest absolute Gasteiger partial charge is 0.0924 e. The first-order chi connectivity index (χ1) is 8.31. The molecule has 0 aliphatic carbocycles. The Bertz CT molecular complexity index is 514. The van der Waals surface area contributed by atoms with Crippen molar-refractivity contribution >= 4 is 28.4 Å². The maximum Gasteiger partial charge on any atom is 0.0924 e. The zero-order chi connectivity index (χ0) is 11.7. The Kier molecular flexibility index (Phi) is 2.97. The molecule has 90 valence electrons. The Labute approximate surface area is 106 Å². The minimum Gasteiger partial charge on any atom is -0.382 e. The number of hydrogen-bond acceptors (Lipinski definition) is 3. The molecule has 0 atom stereocenters. The van der Waals surface area contributed by atoms with Gasteiger partial charge in [-0.25, -0.2) is 0 Å². The zero-order valence-electron chi connectivity index (χ0n) is 10.0. The van der Waals surface area contributed by atoms with E-state index >= 15 is 0 Å². The molecule has 17 heavy (non-hydrogen) atoms. The maximum absolute atomic E-state index is 4.39. The van der Waals surface area contributed by atoms with Crippen LogP contribution in [0.15, 0.2) is 24.4 Å². The van der Waals surface area contributed by atoms with Crippen LogP contribution in [0, 0.1) is 0 Å². The number of benzene rings is 1. The normalized spacial score (nSPS) is 17.5. The van der Waals surface area contributed by atoms with Gasteiger partial charge in [-0.1, -0.05) is 0 Å². The Morgan fingerprint density at radius 3 is 3.00 bits per heavy atom. The van der Waals surface area contributed by atoms with E-state index in [0.717, 1.165) is 5.52 Å². The standard InChI is InChI=1S/C13H17N3S/c1-16-9-10-8-12(2-3-13(10)15-16)14-11-4-6-17-7-5-11/h2-3,8-9,11,14H,4-7H2,1H3. The van der Waals surface area contributed by atoms with Crippen LogP contribution in [0.4, 0.5) is 5.69 Å². The van der Waals surface area contributed by atoms with Crippen LogP contribution in [-0.4, -0.2) is 27.3 Å². The van der Waals surface area contributed by atoms with Crippen molar-refractivity contribution in [2.24, 2.45) is 7.05 Å². The number of fused-ring (bicyclic) bond motifs is 1. The summed E-state index contributed by atoms with van der Waals surface area (Å²) in [4.78, 5) is 0. The third-order valence-corrected chi connectivity index (χ3v) is 4.26. The van der Waals surface area contributed by atoms with Crippen molar-refractivity contribution in [1.82, 2.24) is 9.78 Å². The molecular weight excluding hydrogens is 230 g/mol. The van der Waals surface area contributed by atoms with Gasteiger partial charge in [-0.3, -0.25) is 4.68 Å². The molecule has 1 N–H and O–H groups in total. The topological polar surface area (TPSA) is 29.9 Å². The molecule has 2 aromatic rings. The van der Waals surface area contributed by atoms with Crippen molar-refractivity contribution in [3.63, 3.8) is 0 Å². The lowest BCUT2D eigenvalue weighted by molar-refractivity contribution is 0.667. The molecule has 1 aromatic carbocycles. The second-order valence-corrected chi connectivity index (χ2v) is 5.83. The van der Waals surface area contributed by atoms with Crippen molar-refractivity contribution in [3.8, 4) is 0 Å². The lowest BCUT2D eigenvalue weighted by Crippen LogP contribution is -2.24. The summed E-state index contributed by atoms with van der Waals surface area (Å²) in [5.41, 5.74) is 2.29. The summed E-state index contributed by atoms with van der Waals surface area (Å²) in [7, 11) is 1.96. The van der Waals surface area contributed by atoms with Crippen LogP contribution < -0.4 is 5.32 Å². The third-order valence-electron chi connectivity index (χ3n) is 3.21. The van der Waals surface area contributed by atoms with Crippen LogP contribution in [-0.2, 0) is 7.05 Å². The summed E-state index contributed by atoms with van der Waals surface area (Å²) in [5.74, 6) is 2.57. The molecule has 1 saturated heterocycles. The van der Waals surface area contributed by atoms with Gasteiger partial charge in [-0.05, 0) is 42.5 Å². The molecule has 1 aliphatic rings. The van der Waals surface area contributed by atoms with Crippen LogP contribution in [0.5, 0.6) is 0 Å². The fourth-order valence-corrected chi connectivity index (χ4v) is 3.42. The Hall–Kier alpha value is -1.16. The number of hydrogen-bond donors (Lipinski definition) is 1. The summed E-state index contributed by atoms with van der Waals surface area (Å²) >= 11 is 2.06. The van der Waals surface area contributed by atoms with Crippen LogP contribution in [0.1, 0.15) is 12.8 Å².